The fourth-order valence-corrected chi connectivity index (χ4v) is 20.8. The van der Waals surface area contributed by atoms with Gasteiger partial charge in [0, 0.05) is 135 Å². The molecule has 0 spiro atoms. The van der Waals surface area contributed by atoms with Gasteiger partial charge in [0.05, 0.1) is 44.0 Å². The number of hydrogen-bond acceptors (Lipinski definition) is 10. The van der Waals surface area contributed by atoms with Gasteiger partial charge in [-0.25, -0.2) is 43.2 Å². The third-order valence-corrected chi connectivity index (χ3v) is 29.2. The predicted molar refractivity (Wildman–Crippen MR) is 577 cm³/mol. The molecule has 10 aromatic carbocycles. The molecule has 15 heteroatoms. The second kappa shape index (κ2) is 35.8. The fourth-order valence-electron chi connectivity index (χ4n) is 20.8. The van der Waals surface area contributed by atoms with Crippen molar-refractivity contribution in [2.24, 2.45) is 35.2 Å². The van der Waals surface area contributed by atoms with E-state index in [-0.39, 0.29) is 0 Å². The lowest BCUT2D eigenvalue weighted by Gasteiger charge is -2.12. The third kappa shape index (κ3) is 16.0. The Morgan fingerprint density at radius 1 is 0.262 bits per heavy atom. The first-order valence-electron chi connectivity index (χ1n) is 50.4. The molecule has 0 amide bonds. The highest BCUT2D eigenvalue weighted by atomic mass is 16.4. The van der Waals surface area contributed by atoms with Crippen molar-refractivity contribution in [2.75, 3.05) is 0 Å². The number of rotatable bonds is 7. The third-order valence-electron chi connectivity index (χ3n) is 29.2. The van der Waals surface area contributed by atoms with Gasteiger partial charge in [-0.3, -0.25) is 0 Å². The second-order valence-electron chi connectivity index (χ2n) is 39.0. The zero-order valence-electron chi connectivity index (χ0n) is 88.4. The molecule has 0 aliphatic carbocycles. The Balaban J connectivity index is 0.000000107. The molecule has 0 N–H and O–H groups in total. The number of hydrogen-bond donors (Lipinski definition) is 0. The smallest absolute Gasteiger partial charge is 0.227 e. The summed E-state index contributed by atoms with van der Waals surface area (Å²) in [5.41, 5.74) is 39.2. The average molecular weight is 1860 g/mol. The fraction of sp³-hybridized carbons (Fsp3) is 0.206. The van der Waals surface area contributed by atoms with Gasteiger partial charge in [-0.05, 0) is 331 Å². The second-order valence-corrected chi connectivity index (χ2v) is 39.0. The van der Waals surface area contributed by atoms with Crippen LogP contribution in [0, 0.1) is 104 Å². The van der Waals surface area contributed by atoms with E-state index in [1.807, 2.05) is 90.3 Å². The highest BCUT2D eigenvalue weighted by molar-refractivity contribution is 6.16. The van der Waals surface area contributed by atoms with Crippen molar-refractivity contribution < 1.29 is 50.4 Å². The maximum Gasteiger partial charge on any atom is 0.227 e. The van der Waals surface area contributed by atoms with Gasteiger partial charge in [-0.15, -0.1) is 0 Å². The number of nitrogens with zero attached hydrogens (tertiary/aromatic N) is 10. The number of fused-ring (bicyclic) bond motifs is 20. The summed E-state index contributed by atoms with van der Waals surface area (Å²) in [6, 6.07) is 82.5. The summed E-state index contributed by atoms with van der Waals surface area (Å²) in [4.78, 5) is 23.1. The van der Waals surface area contributed by atoms with Crippen LogP contribution in [0.25, 0.3) is 221 Å². The normalized spacial score (nSPS) is 12.7. The summed E-state index contributed by atoms with van der Waals surface area (Å²) in [5, 5.41) is 21.3. The zero-order valence-corrected chi connectivity index (χ0v) is 84.4. The minimum absolute atomic E-state index is 0.467. The lowest BCUT2D eigenvalue weighted by atomic mass is 9.92. The molecule has 0 radical (unpaired) electrons. The molecule has 0 aliphatic heterocycles. The van der Waals surface area contributed by atoms with Crippen LogP contribution in [0.2, 0.25) is 0 Å². The first-order valence-corrected chi connectivity index (χ1v) is 48.4. The molecule has 696 valence electrons. The topological polar surface area (TPSA) is 150 Å². The monoisotopic (exact) mass is 1850 g/mol. The quantitative estimate of drug-likeness (QED) is 0.141. The Bertz CT molecular complexity index is 9590. The first-order chi connectivity index (χ1) is 69.4. The van der Waals surface area contributed by atoms with Gasteiger partial charge in [0.25, 0.3) is 0 Å². The van der Waals surface area contributed by atoms with Gasteiger partial charge in [0.1, 0.15) is 35.2 Å². The van der Waals surface area contributed by atoms with Crippen molar-refractivity contribution in [1.29, 1.82) is 0 Å². The van der Waals surface area contributed by atoms with Crippen LogP contribution in [-0.2, 0) is 35.2 Å². The van der Waals surface area contributed by atoms with Crippen LogP contribution in [-0.4, -0.2) is 24.9 Å². The Morgan fingerprint density at radius 3 is 0.965 bits per heavy atom. The zero-order chi connectivity index (χ0) is 102. The number of aryl methyl sites for hydroxylation is 15. The number of aromatic nitrogens is 10. The van der Waals surface area contributed by atoms with Gasteiger partial charge in [0.2, 0.25) is 62.6 Å². The van der Waals surface area contributed by atoms with Gasteiger partial charge in [-0.1, -0.05) is 100 Å². The number of benzene rings is 10. The van der Waals surface area contributed by atoms with Crippen molar-refractivity contribution in [3.05, 3.63) is 357 Å². The molecule has 15 aromatic heterocycles. The Morgan fingerprint density at radius 2 is 0.574 bits per heavy atom. The van der Waals surface area contributed by atoms with Crippen molar-refractivity contribution in [2.45, 2.75) is 143 Å². The summed E-state index contributed by atoms with van der Waals surface area (Å²) in [6.07, 6.45) is 8.43. The lowest BCUT2D eigenvalue weighted by molar-refractivity contribution is -0.659. The van der Waals surface area contributed by atoms with Crippen LogP contribution in [0.1, 0.15) is 140 Å². The maximum absolute atomic E-state index is 8.51. The first kappa shape index (κ1) is 86.6. The molecule has 15 nitrogen and oxygen atoms in total. The van der Waals surface area contributed by atoms with Crippen molar-refractivity contribution in [3.63, 3.8) is 0 Å². The summed E-state index contributed by atoms with van der Waals surface area (Å²) in [7, 11) is 10.4. The highest BCUT2D eigenvalue weighted by Crippen LogP contribution is 2.47. The van der Waals surface area contributed by atoms with E-state index in [2.05, 4.69) is 366 Å². The molecular formula is C126H117N10O5+5. The molecular weight excluding hydrogens is 1730 g/mol. The van der Waals surface area contributed by atoms with Gasteiger partial charge in [0.15, 0.2) is 52.7 Å². The van der Waals surface area contributed by atoms with E-state index in [1.165, 1.54) is 112 Å². The summed E-state index contributed by atoms with van der Waals surface area (Å²) >= 11 is 0. The minimum atomic E-state index is -2.43. The summed E-state index contributed by atoms with van der Waals surface area (Å²) in [5.74, 6) is -1.20. The predicted octanol–water partition coefficient (Wildman–Crippen LogP) is 30.0. The highest BCUT2D eigenvalue weighted by Gasteiger charge is 2.32. The molecule has 0 saturated heterocycles. The molecule has 0 fully saturated rings. The van der Waals surface area contributed by atoms with Gasteiger partial charge >= 0.3 is 0 Å². The van der Waals surface area contributed by atoms with Crippen molar-refractivity contribution >= 4 is 164 Å². The Labute approximate surface area is 826 Å². The van der Waals surface area contributed by atoms with E-state index in [4.69, 9.17) is 27.6 Å². The van der Waals surface area contributed by atoms with Crippen LogP contribution in [0.15, 0.2) is 283 Å². The largest absolute Gasteiger partial charge is 0.437 e. The minimum Gasteiger partial charge on any atom is -0.437 e. The molecule has 1 atom stereocenters. The number of para-hydroxylation sites is 1. The molecule has 25 aromatic rings. The van der Waals surface area contributed by atoms with Crippen molar-refractivity contribution in [3.8, 4) is 56.3 Å². The van der Waals surface area contributed by atoms with Crippen LogP contribution in [0.3, 0.4) is 0 Å². The van der Waals surface area contributed by atoms with E-state index in [1.54, 1.807) is 6.07 Å². The van der Waals surface area contributed by atoms with Crippen LogP contribution in [0.5, 0.6) is 0 Å². The average Bonchev–Trinajstić information content (AvgIpc) is 1.67. The Kier molecular flexibility index (Phi) is 22.0. The summed E-state index contributed by atoms with van der Waals surface area (Å²) < 4.78 is 74.6. The van der Waals surface area contributed by atoms with E-state index in [0.717, 1.165) is 177 Å². The van der Waals surface area contributed by atoms with Crippen LogP contribution in [0.4, 0.5) is 0 Å². The number of furan rings is 5. The van der Waals surface area contributed by atoms with E-state index < -0.39 is 12.7 Å². The molecule has 15 heterocycles. The van der Waals surface area contributed by atoms with Gasteiger partial charge in [-0.2, -0.15) is 4.57 Å². The van der Waals surface area contributed by atoms with E-state index >= 15 is 0 Å². The Hall–Kier alpha value is -16.0. The molecule has 0 bridgehead atoms. The molecule has 25 rings (SSSR count). The molecule has 0 saturated carbocycles. The lowest BCUT2D eigenvalue weighted by Crippen LogP contribution is -2.32. The van der Waals surface area contributed by atoms with E-state index in [9.17, 15) is 0 Å². The SMILES string of the molecule is Cc1ccc2c(n1)oc1c(-c3c4ccc(C(C)C)cc4cc[n+]3C)c(C)c(C)cc12.Cc1ccc2c(n1)oc1c(-c3c4ccccc4cc[n+]3C)c(C)c(C)cc12.Cc1ccc2c(n1)oc1c(-c3cc4ccccc4c[n+]3C)c(C)c(C)cc12.Cc1ccc2c(n1)oc1c(-c3ccc4ccccc4[n+]3C)c(C)c(C)cc12.[2H]C([2H])([2H])C([2H])(C)c1ccc2c(-c3c(C)c(C)cc4c3oc3nc(C)ccc34)[n+](C)ccc2c1. The van der Waals surface area contributed by atoms with Crippen LogP contribution < -0.4 is 22.8 Å². The van der Waals surface area contributed by atoms with Crippen molar-refractivity contribution in [1.82, 2.24) is 24.9 Å². The maximum atomic E-state index is 8.51. The molecule has 1 unspecified atom stereocenters. The molecule has 0 aliphatic rings. The molecule has 141 heavy (non-hydrogen) atoms. The van der Waals surface area contributed by atoms with Gasteiger partial charge < -0.3 is 22.1 Å². The van der Waals surface area contributed by atoms with Crippen LogP contribution >= 0.6 is 0 Å². The van der Waals surface area contributed by atoms with E-state index in [0.29, 0.717) is 40.0 Å². The summed E-state index contributed by atoms with van der Waals surface area (Å²) in [6.45, 7) is 35.0. The standard InChI is InChI=1S/2C27H27N2O.3C24H21N2O/c2*1-15(2)19-8-10-21-20(14-19)11-12-29(6)25(21)24-18(5)16(3)13-23-22-9-7-17(4)28-27(22)30-26(23)24;1-14-13-19-18-11-9-15(2)25-24(18)27-23(19)22(16(14)3)21-12-10-17-7-5-6-8-20(17)26(21)4;1-14-11-20-19-10-9-15(2)25-24(19)27-23(20)22(16(14)3)21-12-17-7-5-6-8-18(17)13-26(21)4;1-14-13-20-19-10-9-15(2)25-24(19)27-23(20)21(16(14)3)22-18-8-6-5-7-17(18)11-12-26(22)4/h2*7-15H,1-6H3;3*5-13H,1-4H3/q5*+1/i1D3,15D;;;;. The number of pyridine rings is 10.